The van der Waals surface area contributed by atoms with Gasteiger partial charge in [-0.2, -0.15) is 0 Å². The van der Waals surface area contributed by atoms with Crippen LogP contribution in [0.4, 0.5) is 0 Å². The number of carbonyl (C=O) groups excluding carboxylic acids is 1. The van der Waals surface area contributed by atoms with Gasteiger partial charge in [0, 0.05) is 5.92 Å². The molecular weight excluding hydrogens is 274 g/mol. The van der Waals surface area contributed by atoms with Gasteiger partial charge in [0.25, 0.3) is 0 Å². The Labute approximate surface area is 132 Å². The first kappa shape index (κ1) is 16.2. The first-order valence-corrected chi connectivity index (χ1v) is 7.62. The summed E-state index contributed by atoms with van der Waals surface area (Å²) >= 11 is 0. The molecule has 0 heterocycles. The molecule has 2 aromatic rings. The second kappa shape index (κ2) is 7.76. The Morgan fingerprint density at radius 1 is 1.09 bits per heavy atom. The van der Waals surface area contributed by atoms with Gasteiger partial charge < -0.3 is 10.4 Å². The van der Waals surface area contributed by atoms with E-state index in [1.54, 1.807) is 0 Å². The number of amides is 1. The maximum absolute atomic E-state index is 12.3. The minimum Gasteiger partial charge on any atom is -0.394 e. The van der Waals surface area contributed by atoms with Gasteiger partial charge >= 0.3 is 0 Å². The van der Waals surface area contributed by atoms with Crippen LogP contribution in [-0.4, -0.2) is 17.6 Å². The lowest BCUT2D eigenvalue weighted by atomic mass is 9.98. The van der Waals surface area contributed by atoms with Gasteiger partial charge in [-0.1, -0.05) is 67.1 Å². The molecule has 0 aromatic heterocycles. The van der Waals surface area contributed by atoms with Crippen molar-refractivity contribution in [2.75, 3.05) is 6.61 Å². The number of hydrogen-bond acceptors (Lipinski definition) is 2. The van der Waals surface area contributed by atoms with Crippen LogP contribution >= 0.6 is 0 Å². The van der Waals surface area contributed by atoms with E-state index in [-0.39, 0.29) is 24.5 Å². The third-order valence-corrected chi connectivity index (χ3v) is 3.81. The van der Waals surface area contributed by atoms with Gasteiger partial charge in [0.1, 0.15) is 0 Å². The second-order valence-electron chi connectivity index (χ2n) is 5.75. The maximum Gasteiger partial charge on any atom is 0.223 e. The fraction of sp³-hybridized carbons (Fsp3) is 0.316. The van der Waals surface area contributed by atoms with Gasteiger partial charge in [0.05, 0.1) is 12.6 Å². The molecule has 0 spiro atoms. The molecule has 0 saturated heterocycles. The van der Waals surface area contributed by atoms with E-state index >= 15 is 0 Å². The lowest BCUT2D eigenvalue weighted by Gasteiger charge is -2.20. The zero-order valence-corrected chi connectivity index (χ0v) is 13.1. The van der Waals surface area contributed by atoms with Crippen molar-refractivity contribution < 1.29 is 9.90 Å². The minimum atomic E-state index is -0.353. The van der Waals surface area contributed by atoms with Gasteiger partial charge in [-0.05, 0) is 24.5 Å². The van der Waals surface area contributed by atoms with Crippen molar-refractivity contribution in [3.05, 3.63) is 71.3 Å². The lowest BCUT2D eigenvalue weighted by Crippen LogP contribution is -2.35. The predicted octanol–water partition coefficient (Wildman–Crippen LogP) is 3.02. The quantitative estimate of drug-likeness (QED) is 0.861. The van der Waals surface area contributed by atoms with Gasteiger partial charge in [0.15, 0.2) is 0 Å². The van der Waals surface area contributed by atoms with E-state index in [0.29, 0.717) is 6.42 Å². The molecule has 0 aliphatic rings. The van der Waals surface area contributed by atoms with Crippen molar-refractivity contribution in [1.29, 1.82) is 0 Å². The topological polar surface area (TPSA) is 49.3 Å². The van der Waals surface area contributed by atoms with Crippen LogP contribution in [0.5, 0.6) is 0 Å². The van der Waals surface area contributed by atoms with Gasteiger partial charge in [-0.25, -0.2) is 0 Å². The summed E-state index contributed by atoms with van der Waals surface area (Å²) in [6.07, 6.45) is 0.694. The van der Waals surface area contributed by atoms with Crippen molar-refractivity contribution in [2.24, 2.45) is 5.92 Å². The van der Waals surface area contributed by atoms with E-state index in [2.05, 4.69) is 29.6 Å². The van der Waals surface area contributed by atoms with Gasteiger partial charge in [-0.3, -0.25) is 4.79 Å². The summed E-state index contributed by atoms with van der Waals surface area (Å²) in [5.41, 5.74) is 3.28. The molecule has 3 heteroatoms. The highest BCUT2D eigenvalue weighted by Gasteiger charge is 2.18. The molecule has 0 aliphatic carbocycles. The smallest absolute Gasteiger partial charge is 0.223 e. The largest absolute Gasteiger partial charge is 0.394 e. The zero-order valence-electron chi connectivity index (χ0n) is 13.1. The molecule has 0 aliphatic heterocycles. The number of nitrogens with one attached hydrogen (secondary N) is 1. The van der Waals surface area contributed by atoms with E-state index in [0.717, 1.165) is 11.1 Å². The normalized spacial score (nSPS) is 13.4. The van der Waals surface area contributed by atoms with Crippen LogP contribution in [0.25, 0.3) is 0 Å². The summed E-state index contributed by atoms with van der Waals surface area (Å²) in [5.74, 6) is -0.177. The summed E-state index contributed by atoms with van der Waals surface area (Å²) in [5, 5.41) is 12.4. The van der Waals surface area contributed by atoms with Crippen LogP contribution in [-0.2, 0) is 11.2 Å². The highest BCUT2D eigenvalue weighted by atomic mass is 16.3. The summed E-state index contributed by atoms with van der Waals surface area (Å²) in [7, 11) is 0. The molecule has 0 bridgehead atoms. The van der Waals surface area contributed by atoms with Crippen molar-refractivity contribution in [3.8, 4) is 0 Å². The molecule has 2 atom stereocenters. The Bertz CT molecular complexity index is 593. The number of aliphatic hydroxyl groups is 1. The van der Waals surface area contributed by atoms with Crippen molar-refractivity contribution in [3.63, 3.8) is 0 Å². The lowest BCUT2D eigenvalue weighted by molar-refractivity contribution is -0.125. The molecule has 116 valence electrons. The summed E-state index contributed by atoms with van der Waals surface area (Å²) in [4.78, 5) is 12.3. The van der Waals surface area contributed by atoms with Crippen LogP contribution in [0.3, 0.4) is 0 Å². The average Bonchev–Trinajstić information content (AvgIpc) is 2.55. The standard InChI is InChI=1S/C19H23NO2/c1-14-8-10-16(11-9-14)12-15(2)19(22)20-18(13-21)17-6-4-3-5-7-17/h3-11,15,18,21H,12-13H2,1-2H3,(H,20,22)/t15?,18-/m1/s1. The molecule has 1 unspecified atom stereocenters. The maximum atomic E-state index is 12.3. The van der Waals surface area contributed by atoms with Crippen LogP contribution in [0.1, 0.15) is 29.7 Å². The fourth-order valence-electron chi connectivity index (χ4n) is 2.40. The Morgan fingerprint density at radius 2 is 1.73 bits per heavy atom. The number of aryl methyl sites for hydroxylation is 1. The van der Waals surface area contributed by atoms with E-state index in [9.17, 15) is 9.90 Å². The van der Waals surface area contributed by atoms with Crippen LogP contribution in [0.2, 0.25) is 0 Å². The average molecular weight is 297 g/mol. The fourth-order valence-corrected chi connectivity index (χ4v) is 2.40. The molecule has 2 rings (SSSR count). The molecule has 2 aromatic carbocycles. The van der Waals surface area contributed by atoms with Crippen molar-refractivity contribution >= 4 is 5.91 Å². The first-order valence-electron chi connectivity index (χ1n) is 7.62. The number of hydrogen-bond donors (Lipinski definition) is 2. The SMILES string of the molecule is Cc1ccc(CC(C)C(=O)N[C@H](CO)c2ccccc2)cc1. The Kier molecular flexibility index (Phi) is 5.73. The van der Waals surface area contributed by atoms with Crippen molar-refractivity contribution in [1.82, 2.24) is 5.32 Å². The first-order chi connectivity index (χ1) is 10.6. The van der Waals surface area contributed by atoms with Gasteiger partial charge in [-0.15, -0.1) is 0 Å². The van der Waals surface area contributed by atoms with Crippen LogP contribution in [0, 0.1) is 12.8 Å². The number of rotatable bonds is 6. The molecule has 0 fully saturated rings. The van der Waals surface area contributed by atoms with E-state index in [1.165, 1.54) is 5.56 Å². The van der Waals surface area contributed by atoms with Crippen LogP contribution < -0.4 is 5.32 Å². The molecule has 2 N–H and O–H groups in total. The van der Waals surface area contributed by atoms with Crippen molar-refractivity contribution in [2.45, 2.75) is 26.3 Å². The minimum absolute atomic E-state index is 0.0384. The molecule has 0 radical (unpaired) electrons. The summed E-state index contributed by atoms with van der Waals surface area (Å²) in [6, 6.07) is 17.4. The van der Waals surface area contributed by atoms with Gasteiger partial charge in [0.2, 0.25) is 5.91 Å². The van der Waals surface area contributed by atoms with E-state index in [4.69, 9.17) is 0 Å². The molecular formula is C19H23NO2. The Hall–Kier alpha value is -2.13. The highest BCUT2D eigenvalue weighted by molar-refractivity contribution is 5.79. The number of aliphatic hydroxyl groups excluding tert-OH is 1. The molecule has 22 heavy (non-hydrogen) atoms. The number of benzene rings is 2. The third-order valence-electron chi connectivity index (χ3n) is 3.81. The molecule has 1 amide bonds. The zero-order chi connectivity index (χ0) is 15.9. The predicted molar refractivity (Wildman–Crippen MR) is 88.5 cm³/mol. The Balaban J connectivity index is 1.96. The molecule has 3 nitrogen and oxygen atoms in total. The number of carbonyl (C=O) groups is 1. The summed E-state index contributed by atoms with van der Waals surface area (Å²) in [6.45, 7) is 3.85. The molecule has 0 saturated carbocycles. The highest BCUT2D eigenvalue weighted by Crippen LogP contribution is 2.15. The van der Waals surface area contributed by atoms with Crippen LogP contribution in [0.15, 0.2) is 54.6 Å². The summed E-state index contributed by atoms with van der Waals surface area (Å²) < 4.78 is 0. The third kappa shape index (κ3) is 4.43. The Morgan fingerprint density at radius 3 is 2.32 bits per heavy atom. The monoisotopic (exact) mass is 297 g/mol. The van der Waals surface area contributed by atoms with E-state index < -0.39 is 0 Å². The van der Waals surface area contributed by atoms with E-state index in [1.807, 2.05) is 44.2 Å². The second-order valence-corrected chi connectivity index (χ2v) is 5.75.